The smallest absolute Gasteiger partial charge is 0.357 e. The van der Waals surface area contributed by atoms with Gasteiger partial charge in [0.25, 0.3) is 0 Å². The molecular weight excluding hydrogens is 307 g/mol. The van der Waals surface area contributed by atoms with E-state index in [2.05, 4.69) is 15.6 Å². The molecule has 0 amide bonds. The predicted molar refractivity (Wildman–Crippen MR) is 84.4 cm³/mol. The molecule has 0 aromatic carbocycles. The van der Waals surface area contributed by atoms with E-state index in [1.54, 1.807) is 0 Å². The van der Waals surface area contributed by atoms with Gasteiger partial charge in [-0.05, 0) is 25.5 Å². The molecule has 1 unspecified atom stereocenters. The Bertz CT molecular complexity index is 484. The summed E-state index contributed by atoms with van der Waals surface area (Å²) in [6, 6.07) is 3.92. The van der Waals surface area contributed by atoms with Crippen molar-refractivity contribution in [2.45, 2.75) is 32.1 Å². The van der Waals surface area contributed by atoms with Crippen molar-refractivity contribution in [1.82, 2.24) is 20.1 Å². The van der Waals surface area contributed by atoms with Gasteiger partial charge < -0.3 is 15.2 Å². The molecule has 0 spiro atoms. The van der Waals surface area contributed by atoms with Crippen molar-refractivity contribution in [2.24, 2.45) is 4.99 Å². The largest absolute Gasteiger partial charge is 0.401 e. The van der Waals surface area contributed by atoms with Gasteiger partial charge in [-0.15, -0.1) is 0 Å². The van der Waals surface area contributed by atoms with Gasteiger partial charge >= 0.3 is 6.18 Å². The highest BCUT2D eigenvalue weighted by Crippen LogP contribution is 2.19. The minimum Gasteiger partial charge on any atom is -0.357 e. The summed E-state index contributed by atoms with van der Waals surface area (Å²) in [5.41, 5.74) is 0. The number of alkyl halides is 3. The van der Waals surface area contributed by atoms with Crippen LogP contribution >= 0.6 is 0 Å². The Balaban J connectivity index is 1.79. The molecule has 5 nitrogen and oxygen atoms in total. The molecule has 0 bridgehead atoms. The van der Waals surface area contributed by atoms with Crippen LogP contribution in [-0.4, -0.2) is 60.4 Å². The Hall–Kier alpha value is -1.70. The van der Waals surface area contributed by atoms with Gasteiger partial charge in [0.05, 0.1) is 13.1 Å². The monoisotopic (exact) mass is 331 g/mol. The fourth-order valence-electron chi connectivity index (χ4n) is 2.66. The summed E-state index contributed by atoms with van der Waals surface area (Å²) in [6.45, 7) is 4.08. The van der Waals surface area contributed by atoms with Crippen LogP contribution in [-0.2, 0) is 6.54 Å². The van der Waals surface area contributed by atoms with E-state index in [9.17, 15) is 13.2 Å². The number of guanidine groups is 1. The van der Waals surface area contributed by atoms with Crippen molar-refractivity contribution in [3.8, 4) is 0 Å². The fourth-order valence-corrected chi connectivity index (χ4v) is 2.66. The number of hydrogen-bond donors (Lipinski definition) is 2. The van der Waals surface area contributed by atoms with Gasteiger partial charge in [-0.25, -0.2) is 0 Å². The third-order valence-electron chi connectivity index (χ3n) is 3.65. The lowest BCUT2D eigenvalue weighted by molar-refractivity contribution is -0.143. The molecule has 2 rings (SSSR count). The first-order valence-electron chi connectivity index (χ1n) is 7.91. The first kappa shape index (κ1) is 17.7. The summed E-state index contributed by atoms with van der Waals surface area (Å²) < 4.78 is 39.3. The maximum atomic E-state index is 12.4. The fraction of sp³-hybridized carbons (Fsp3) is 0.667. The van der Waals surface area contributed by atoms with Crippen LogP contribution in [0.2, 0.25) is 0 Å². The van der Waals surface area contributed by atoms with Crippen molar-refractivity contribution in [3.05, 3.63) is 24.5 Å². The Morgan fingerprint density at radius 2 is 2.04 bits per heavy atom. The lowest BCUT2D eigenvalue weighted by Crippen LogP contribution is -2.45. The zero-order valence-electron chi connectivity index (χ0n) is 13.3. The number of likely N-dealkylation sites (tertiary alicyclic amines) is 1. The number of aromatic nitrogens is 1. The van der Waals surface area contributed by atoms with Crippen molar-refractivity contribution >= 4 is 5.96 Å². The molecule has 2 N–H and O–H groups in total. The molecule has 1 atom stereocenters. The lowest BCUT2D eigenvalue weighted by atomic mass is 10.3. The summed E-state index contributed by atoms with van der Waals surface area (Å²) in [4.78, 5) is 5.92. The second kappa shape index (κ2) is 8.24. The van der Waals surface area contributed by atoms with Gasteiger partial charge in [-0.1, -0.05) is 0 Å². The summed E-state index contributed by atoms with van der Waals surface area (Å²) >= 11 is 0. The molecule has 2 heterocycles. The molecule has 0 aliphatic carbocycles. The molecule has 0 saturated carbocycles. The minimum atomic E-state index is -4.13. The average Bonchev–Trinajstić information content (AvgIpc) is 3.09. The maximum Gasteiger partial charge on any atom is 0.401 e. The van der Waals surface area contributed by atoms with Crippen molar-refractivity contribution in [2.75, 3.05) is 32.7 Å². The van der Waals surface area contributed by atoms with E-state index in [1.165, 1.54) is 4.90 Å². The van der Waals surface area contributed by atoms with Crippen LogP contribution in [0.1, 0.15) is 13.3 Å². The van der Waals surface area contributed by atoms with Crippen LogP contribution in [0.25, 0.3) is 0 Å². The second-order valence-corrected chi connectivity index (χ2v) is 5.66. The van der Waals surface area contributed by atoms with Gasteiger partial charge in [0.1, 0.15) is 0 Å². The van der Waals surface area contributed by atoms with Crippen molar-refractivity contribution in [1.29, 1.82) is 0 Å². The minimum absolute atomic E-state index is 0.00160. The Morgan fingerprint density at radius 1 is 1.30 bits per heavy atom. The molecule has 23 heavy (non-hydrogen) atoms. The molecule has 1 aliphatic rings. The number of nitrogens with zero attached hydrogens (tertiary/aromatic N) is 3. The number of halogens is 3. The maximum absolute atomic E-state index is 12.4. The topological polar surface area (TPSA) is 44.6 Å². The third kappa shape index (κ3) is 6.52. The summed E-state index contributed by atoms with van der Waals surface area (Å²) in [5, 5.41) is 6.37. The number of nitrogens with one attached hydrogen (secondary N) is 2. The number of aliphatic imine (C=N–C) groups is 1. The van der Waals surface area contributed by atoms with Crippen LogP contribution < -0.4 is 10.6 Å². The normalized spacial score (nSPS) is 20.0. The molecule has 1 aromatic rings. The first-order chi connectivity index (χ1) is 11.0. The van der Waals surface area contributed by atoms with Crippen LogP contribution in [0, 0.1) is 0 Å². The lowest BCUT2D eigenvalue weighted by Gasteiger charge is -2.19. The first-order valence-corrected chi connectivity index (χ1v) is 7.91. The van der Waals surface area contributed by atoms with E-state index >= 15 is 0 Å². The van der Waals surface area contributed by atoms with Gasteiger partial charge in [-0.2, -0.15) is 13.2 Å². The zero-order chi connectivity index (χ0) is 16.7. The van der Waals surface area contributed by atoms with Gasteiger partial charge in [0, 0.05) is 44.6 Å². The quantitative estimate of drug-likeness (QED) is 0.616. The molecule has 1 saturated heterocycles. The molecule has 1 aromatic heterocycles. The molecule has 0 radical (unpaired) electrons. The predicted octanol–water partition coefficient (Wildman–Crippen LogP) is 1.68. The van der Waals surface area contributed by atoms with Gasteiger partial charge in [-0.3, -0.25) is 9.89 Å². The highest BCUT2D eigenvalue weighted by atomic mass is 19.4. The molecule has 1 aliphatic heterocycles. The summed E-state index contributed by atoms with van der Waals surface area (Å²) in [5.74, 6) is 0.665. The molecule has 8 heteroatoms. The Labute approximate surface area is 134 Å². The van der Waals surface area contributed by atoms with E-state index < -0.39 is 12.7 Å². The van der Waals surface area contributed by atoms with Gasteiger partial charge in [0.2, 0.25) is 0 Å². The Kier molecular flexibility index (Phi) is 6.32. The van der Waals surface area contributed by atoms with Crippen LogP contribution in [0.4, 0.5) is 13.2 Å². The third-order valence-corrected chi connectivity index (χ3v) is 3.65. The Morgan fingerprint density at radius 3 is 2.70 bits per heavy atom. The molecule has 130 valence electrons. The summed E-state index contributed by atoms with van der Waals surface area (Å²) in [7, 11) is 0. The second-order valence-electron chi connectivity index (χ2n) is 5.66. The van der Waals surface area contributed by atoms with Crippen LogP contribution in [0.5, 0.6) is 0 Å². The van der Waals surface area contributed by atoms with E-state index in [4.69, 9.17) is 0 Å². The van der Waals surface area contributed by atoms with Gasteiger partial charge in [0.15, 0.2) is 5.96 Å². The van der Waals surface area contributed by atoms with E-state index in [1.807, 2.05) is 36.0 Å². The highest BCUT2D eigenvalue weighted by Gasteiger charge is 2.34. The standard InChI is InChI=1S/C15H24F3N5/c1-2-19-14(20-6-10-22-7-3-4-8-22)21-13-5-9-23(11-13)12-15(16,17)18/h3-4,7-8,13H,2,5-6,9-12H2,1H3,(H2,19,20,21). The number of hydrogen-bond acceptors (Lipinski definition) is 2. The van der Waals surface area contributed by atoms with Crippen molar-refractivity contribution < 1.29 is 13.2 Å². The SMILES string of the molecule is CCNC(=NCCn1cccc1)NC1CCN(CC(F)(F)F)C1. The zero-order valence-corrected chi connectivity index (χ0v) is 13.3. The van der Waals surface area contributed by atoms with E-state index in [0.29, 0.717) is 38.6 Å². The summed E-state index contributed by atoms with van der Waals surface area (Å²) in [6.07, 6.45) is 0.506. The van der Waals surface area contributed by atoms with E-state index in [0.717, 1.165) is 6.54 Å². The van der Waals surface area contributed by atoms with Crippen LogP contribution in [0.3, 0.4) is 0 Å². The average molecular weight is 331 g/mol. The van der Waals surface area contributed by atoms with Crippen molar-refractivity contribution in [3.63, 3.8) is 0 Å². The molecular formula is C15H24F3N5. The van der Waals surface area contributed by atoms with Crippen LogP contribution in [0.15, 0.2) is 29.5 Å². The highest BCUT2D eigenvalue weighted by molar-refractivity contribution is 5.80. The van der Waals surface area contributed by atoms with E-state index in [-0.39, 0.29) is 6.04 Å². The molecule has 1 fully saturated rings. The number of rotatable bonds is 6.